The zero-order chi connectivity index (χ0) is 13.9. The lowest BCUT2D eigenvalue weighted by Crippen LogP contribution is -2.14. The minimum absolute atomic E-state index is 0.753. The minimum Gasteiger partial charge on any atom is -0.361 e. The van der Waals surface area contributed by atoms with Crippen molar-refractivity contribution in [3.63, 3.8) is 0 Å². The predicted molar refractivity (Wildman–Crippen MR) is 82.8 cm³/mol. The molecule has 20 heavy (non-hydrogen) atoms. The number of hydrogen-bond acceptors (Lipinski definition) is 2. The Hall–Kier alpha value is -1.84. The molecule has 0 unspecified atom stereocenters. The SMILES string of the molecule is Cc1cccnc1CNCc1c[nH]c2cc(Cl)ccc12. The van der Waals surface area contributed by atoms with Gasteiger partial charge in [-0.25, -0.2) is 0 Å². The van der Waals surface area contributed by atoms with Crippen LogP contribution in [-0.2, 0) is 13.1 Å². The molecule has 0 fully saturated rings. The fourth-order valence-electron chi connectivity index (χ4n) is 2.32. The van der Waals surface area contributed by atoms with Crippen molar-refractivity contribution in [1.29, 1.82) is 0 Å². The Labute approximate surface area is 123 Å². The van der Waals surface area contributed by atoms with E-state index >= 15 is 0 Å². The van der Waals surface area contributed by atoms with Crippen LogP contribution in [0.3, 0.4) is 0 Å². The van der Waals surface area contributed by atoms with E-state index in [0.29, 0.717) is 0 Å². The van der Waals surface area contributed by atoms with E-state index in [-0.39, 0.29) is 0 Å². The average molecular weight is 286 g/mol. The molecule has 0 atom stereocenters. The van der Waals surface area contributed by atoms with E-state index in [1.54, 1.807) is 0 Å². The number of H-pyrrole nitrogens is 1. The van der Waals surface area contributed by atoms with Gasteiger partial charge in [-0.15, -0.1) is 0 Å². The van der Waals surface area contributed by atoms with Gasteiger partial charge >= 0.3 is 0 Å². The van der Waals surface area contributed by atoms with Crippen molar-refractivity contribution in [3.8, 4) is 0 Å². The maximum absolute atomic E-state index is 5.99. The number of nitrogens with zero attached hydrogens (tertiary/aromatic N) is 1. The van der Waals surface area contributed by atoms with Crippen LogP contribution in [-0.4, -0.2) is 9.97 Å². The van der Waals surface area contributed by atoms with E-state index < -0.39 is 0 Å². The quantitative estimate of drug-likeness (QED) is 0.765. The molecule has 0 bridgehead atoms. The zero-order valence-electron chi connectivity index (χ0n) is 11.3. The van der Waals surface area contributed by atoms with E-state index in [1.165, 1.54) is 16.5 Å². The lowest BCUT2D eigenvalue weighted by atomic mass is 10.1. The summed E-state index contributed by atoms with van der Waals surface area (Å²) in [5.74, 6) is 0. The molecular weight excluding hydrogens is 270 g/mol. The van der Waals surface area contributed by atoms with E-state index in [2.05, 4.69) is 34.3 Å². The maximum atomic E-state index is 5.99. The summed E-state index contributed by atoms with van der Waals surface area (Å²) in [6, 6.07) is 9.96. The van der Waals surface area contributed by atoms with E-state index in [0.717, 1.165) is 29.3 Å². The molecule has 1 aromatic carbocycles. The van der Waals surface area contributed by atoms with Gasteiger partial charge < -0.3 is 10.3 Å². The second-order valence-corrected chi connectivity index (χ2v) is 5.31. The predicted octanol–water partition coefficient (Wildman–Crippen LogP) is 3.81. The van der Waals surface area contributed by atoms with Crippen LogP contribution in [0.5, 0.6) is 0 Å². The molecule has 2 heterocycles. The number of benzene rings is 1. The Morgan fingerprint density at radius 2 is 2.15 bits per heavy atom. The van der Waals surface area contributed by atoms with Gasteiger partial charge in [0.1, 0.15) is 0 Å². The number of nitrogens with one attached hydrogen (secondary N) is 2. The van der Waals surface area contributed by atoms with Gasteiger partial charge in [0.2, 0.25) is 0 Å². The third kappa shape index (κ3) is 2.69. The summed E-state index contributed by atoms with van der Waals surface area (Å²) in [5.41, 5.74) is 4.62. The molecule has 0 saturated carbocycles. The summed E-state index contributed by atoms with van der Waals surface area (Å²) in [6.45, 7) is 3.66. The van der Waals surface area contributed by atoms with Crippen molar-refractivity contribution >= 4 is 22.5 Å². The Kier molecular flexibility index (Phi) is 3.72. The molecule has 0 aliphatic heterocycles. The second kappa shape index (κ2) is 5.65. The second-order valence-electron chi connectivity index (χ2n) is 4.87. The van der Waals surface area contributed by atoms with Crippen LogP contribution in [0.2, 0.25) is 5.02 Å². The topological polar surface area (TPSA) is 40.7 Å². The Morgan fingerprint density at radius 1 is 1.25 bits per heavy atom. The standard InChI is InChI=1S/C16H16ClN3/c1-11-3-2-6-19-16(11)10-18-8-12-9-20-15-7-13(17)4-5-14(12)15/h2-7,9,18,20H,8,10H2,1H3. The summed E-state index contributed by atoms with van der Waals surface area (Å²) >= 11 is 5.99. The first-order chi connectivity index (χ1) is 9.74. The zero-order valence-corrected chi connectivity index (χ0v) is 12.0. The van der Waals surface area contributed by atoms with Crippen LogP contribution in [0, 0.1) is 6.92 Å². The highest BCUT2D eigenvalue weighted by atomic mass is 35.5. The highest BCUT2D eigenvalue weighted by molar-refractivity contribution is 6.31. The van der Waals surface area contributed by atoms with E-state index in [9.17, 15) is 0 Å². The van der Waals surface area contributed by atoms with Crippen LogP contribution in [0.4, 0.5) is 0 Å². The van der Waals surface area contributed by atoms with Gasteiger partial charge in [0.25, 0.3) is 0 Å². The number of fused-ring (bicyclic) bond motifs is 1. The number of rotatable bonds is 4. The molecule has 0 spiro atoms. The molecule has 4 heteroatoms. The molecule has 0 saturated heterocycles. The lowest BCUT2D eigenvalue weighted by Gasteiger charge is -2.06. The monoisotopic (exact) mass is 285 g/mol. The molecule has 0 amide bonds. The van der Waals surface area contributed by atoms with Crippen molar-refractivity contribution in [2.75, 3.05) is 0 Å². The van der Waals surface area contributed by atoms with Crippen molar-refractivity contribution < 1.29 is 0 Å². The number of halogens is 1. The largest absolute Gasteiger partial charge is 0.361 e. The first-order valence-electron chi connectivity index (χ1n) is 6.61. The van der Waals surface area contributed by atoms with Crippen molar-refractivity contribution in [1.82, 2.24) is 15.3 Å². The Bertz CT molecular complexity index is 733. The van der Waals surface area contributed by atoms with Crippen LogP contribution in [0.15, 0.2) is 42.7 Å². The van der Waals surface area contributed by atoms with Gasteiger partial charge in [-0.05, 0) is 36.2 Å². The molecule has 3 nitrogen and oxygen atoms in total. The number of hydrogen-bond donors (Lipinski definition) is 2. The molecular formula is C16H16ClN3. The molecule has 3 rings (SSSR count). The lowest BCUT2D eigenvalue weighted by molar-refractivity contribution is 0.679. The summed E-state index contributed by atoms with van der Waals surface area (Å²) in [7, 11) is 0. The number of aromatic amines is 1. The van der Waals surface area contributed by atoms with Gasteiger partial charge in [-0.3, -0.25) is 4.98 Å². The van der Waals surface area contributed by atoms with Crippen molar-refractivity contribution in [3.05, 3.63) is 64.6 Å². The maximum Gasteiger partial charge on any atom is 0.0570 e. The minimum atomic E-state index is 0.753. The van der Waals surface area contributed by atoms with Crippen molar-refractivity contribution in [2.45, 2.75) is 20.0 Å². The van der Waals surface area contributed by atoms with Gasteiger partial charge in [0.05, 0.1) is 5.69 Å². The summed E-state index contributed by atoms with van der Waals surface area (Å²) in [4.78, 5) is 7.63. The smallest absolute Gasteiger partial charge is 0.0570 e. The first kappa shape index (κ1) is 13.2. The summed E-state index contributed by atoms with van der Waals surface area (Å²) in [5, 5.41) is 5.40. The van der Waals surface area contributed by atoms with Gasteiger partial charge in [0.15, 0.2) is 0 Å². The van der Waals surface area contributed by atoms with Crippen LogP contribution in [0.25, 0.3) is 10.9 Å². The molecule has 2 aromatic heterocycles. The summed E-state index contributed by atoms with van der Waals surface area (Å²) < 4.78 is 0. The molecule has 0 aliphatic carbocycles. The van der Waals surface area contributed by atoms with Gasteiger partial charge in [0, 0.05) is 41.4 Å². The number of aryl methyl sites for hydroxylation is 1. The highest BCUT2D eigenvalue weighted by Gasteiger charge is 2.04. The van der Waals surface area contributed by atoms with Crippen molar-refractivity contribution in [2.24, 2.45) is 0 Å². The van der Waals surface area contributed by atoms with E-state index in [4.69, 9.17) is 11.6 Å². The molecule has 102 valence electrons. The first-order valence-corrected chi connectivity index (χ1v) is 6.98. The van der Waals surface area contributed by atoms with E-state index in [1.807, 2.05) is 30.6 Å². The average Bonchev–Trinajstić information content (AvgIpc) is 2.83. The number of aromatic nitrogens is 2. The highest BCUT2D eigenvalue weighted by Crippen LogP contribution is 2.21. The normalized spacial score (nSPS) is 11.1. The fourth-order valence-corrected chi connectivity index (χ4v) is 2.50. The third-order valence-electron chi connectivity index (χ3n) is 3.46. The van der Waals surface area contributed by atoms with Crippen LogP contribution < -0.4 is 5.32 Å². The molecule has 0 radical (unpaired) electrons. The fraction of sp³-hybridized carbons (Fsp3) is 0.188. The van der Waals surface area contributed by atoms with Crippen LogP contribution >= 0.6 is 11.6 Å². The third-order valence-corrected chi connectivity index (χ3v) is 3.69. The number of pyridine rings is 1. The molecule has 0 aliphatic rings. The van der Waals surface area contributed by atoms with Gasteiger partial charge in [-0.2, -0.15) is 0 Å². The Morgan fingerprint density at radius 3 is 3.00 bits per heavy atom. The summed E-state index contributed by atoms with van der Waals surface area (Å²) in [6.07, 6.45) is 3.86. The van der Waals surface area contributed by atoms with Gasteiger partial charge in [-0.1, -0.05) is 23.7 Å². The molecule has 3 aromatic rings. The molecule has 2 N–H and O–H groups in total. The Balaban J connectivity index is 1.70. The van der Waals surface area contributed by atoms with Crippen LogP contribution in [0.1, 0.15) is 16.8 Å².